The van der Waals surface area contributed by atoms with E-state index >= 15 is 0 Å². The minimum Gasteiger partial charge on any atom is -0.325 e. The zero-order valence-electron chi connectivity index (χ0n) is 15.6. The van der Waals surface area contributed by atoms with Crippen LogP contribution in [0.25, 0.3) is 0 Å². The average Bonchev–Trinajstić information content (AvgIpc) is 2.65. The first-order valence-corrected chi connectivity index (χ1v) is 9.81. The zero-order chi connectivity index (χ0) is 18.5. The monoisotopic (exact) mass is 370 g/mol. The Morgan fingerprint density at radius 1 is 1.19 bits per heavy atom. The number of hydrogen-bond donors (Lipinski definition) is 1. The molecule has 1 N–H and O–H groups in total. The molecule has 2 aromatic carbocycles. The van der Waals surface area contributed by atoms with Crippen molar-refractivity contribution in [2.24, 2.45) is 5.92 Å². The van der Waals surface area contributed by atoms with Gasteiger partial charge in [0.1, 0.15) is 0 Å². The first kappa shape index (κ1) is 18.9. The number of piperidine rings is 1. The molecule has 4 heteroatoms. The maximum Gasteiger partial charge on any atom is 0.228 e. The van der Waals surface area contributed by atoms with E-state index in [0.29, 0.717) is 0 Å². The van der Waals surface area contributed by atoms with Crippen LogP contribution in [-0.2, 0) is 17.8 Å². The van der Waals surface area contributed by atoms with Gasteiger partial charge in [-0.05, 0) is 55.5 Å². The van der Waals surface area contributed by atoms with E-state index < -0.39 is 0 Å². The summed E-state index contributed by atoms with van der Waals surface area (Å²) in [7, 11) is 0. The number of amides is 1. The molecule has 1 aliphatic rings. The highest BCUT2D eigenvalue weighted by Gasteiger charge is 2.26. The topological polar surface area (TPSA) is 32.3 Å². The van der Waals surface area contributed by atoms with Gasteiger partial charge < -0.3 is 5.32 Å². The van der Waals surface area contributed by atoms with Crippen LogP contribution in [0.5, 0.6) is 0 Å². The third kappa shape index (κ3) is 4.46. The van der Waals surface area contributed by atoms with E-state index in [4.69, 9.17) is 11.6 Å². The van der Waals surface area contributed by atoms with Gasteiger partial charge in [-0.3, -0.25) is 9.69 Å². The van der Waals surface area contributed by atoms with Crippen LogP contribution < -0.4 is 5.32 Å². The molecule has 1 fully saturated rings. The first-order chi connectivity index (χ1) is 12.6. The van der Waals surface area contributed by atoms with Crippen molar-refractivity contribution in [2.45, 2.75) is 39.7 Å². The van der Waals surface area contributed by atoms with Gasteiger partial charge in [0.2, 0.25) is 5.91 Å². The van der Waals surface area contributed by atoms with Crippen LogP contribution in [0.1, 0.15) is 36.5 Å². The first-order valence-electron chi connectivity index (χ1n) is 9.43. The number of rotatable bonds is 5. The molecule has 0 spiro atoms. The molecule has 1 heterocycles. The number of anilines is 1. The molecule has 1 amide bonds. The smallest absolute Gasteiger partial charge is 0.228 e. The van der Waals surface area contributed by atoms with E-state index in [9.17, 15) is 4.79 Å². The van der Waals surface area contributed by atoms with Crippen LogP contribution in [0.3, 0.4) is 0 Å². The molecule has 1 atom stereocenters. The summed E-state index contributed by atoms with van der Waals surface area (Å²) in [5.74, 6) is 0.161. The van der Waals surface area contributed by atoms with Crippen LogP contribution in [0.15, 0.2) is 42.5 Å². The summed E-state index contributed by atoms with van der Waals surface area (Å²) in [4.78, 5) is 15.2. The Bertz CT molecular complexity index is 774. The fourth-order valence-electron chi connectivity index (χ4n) is 3.71. The highest BCUT2D eigenvalue weighted by atomic mass is 35.5. The van der Waals surface area contributed by atoms with E-state index in [0.717, 1.165) is 60.7 Å². The van der Waals surface area contributed by atoms with Gasteiger partial charge in [0.05, 0.1) is 5.92 Å². The van der Waals surface area contributed by atoms with Gasteiger partial charge in [0.15, 0.2) is 0 Å². The number of likely N-dealkylation sites (tertiary alicyclic amines) is 1. The number of benzene rings is 2. The number of halogens is 1. The van der Waals surface area contributed by atoms with Crippen LogP contribution >= 0.6 is 11.6 Å². The van der Waals surface area contributed by atoms with Crippen LogP contribution in [0, 0.1) is 12.8 Å². The zero-order valence-corrected chi connectivity index (χ0v) is 16.4. The van der Waals surface area contributed by atoms with Crippen molar-refractivity contribution in [3.63, 3.8) is 0 Å². The summed E-state index contributed by atoms with van der Waals surface area (Å²) in [6.07, 6.45) is 2.90. The molecule has 0 bridgehead atoms. The Labute approximate surface area is 161 Å². The van der Waals surface area contributed by atoms with Crippen molar-refractivity contribution >= 4 is 23.2 Å². The third-order valence-corrected chi connectivity index (χ3v) is 5.59. The maximum atomic E-state index is 12.9. The number of nitrogens with zero attached hydrogens (tertiary/aromatic N) is 1. The molecular formula is C22H27ClN2O. The lowest BCUT2D eigenvalue weighted by Crippen LogP contribution is -2.40. The molecule has 0 saturated carbocycles. The van der Waals surface area contributed by atoms with E-state index in [1.54, 1.807) is 0 Å². The van der Waals surface area contributed by atoms with Gasteiger partial charge in [-0.25, -0.2) is 0 Å². The Morgan fingerprint density at radius 3 is 2.73 bits per heavy atom. The lowest BCUT2D eigenvalue weighted by molar-refractivity contribution is -0.121. The molecule has 1 unspecified atom stereocenters. The Morgan fingerprint density at radius 2 is 1.96 bits per heavy atom. The van der Waals surface area contributed by atoms with Gasteiger partial charge in [0, 0.05) is 23.8 Å². The van der Waals surface area contributed by atoms with E-state index in [-0.39, 0.29) is 11.8 Å². The molecule has 1 saturated heterocycles. The van der Waals surface area contributed by atoms with E-state index in [1.807, 2.05) is 18.2 Å². The van der Waals surface area contributed by atoms with E-state index in [1.165, 1.54) is 5.56 Å². The lowest BCUT2D eigenvalue weighted by Gasteiger charge is -2.32. The van der Waals surface area contributed by atoms with Crippen LogP contribution in [-0.4, -0.2) is 23.9 Å². The highest BCUT2D eigenvalue weighted by Crippen LogP contribution is 2.25. The molecule has 1 aliphatic heterocycles. The molecule has 3 nitrogen and oxygen atoms in total. The number of para-hydroxylation sites is 1. The summed E-state index contributed by atoms with van der Waals surface area (Å²) in [6, 6.07) is 14.1. The van der Waals surface area contributed by atoms with Gasteiger partial charge in [0.25, 0.3) is 0 Å². The second-order valence-corrected chi connectivity index (χ2v) is 7.52. The van der Waals surface area contributed by atoms with Gasteiger partial charge in [-0.15, -0.1) is 0 Å². The van der Waals surface area contributed by atoms with Crippen molar-refractivity contribution < 1.29 is 4.79 Å². The second-order valence-electron chi connectivity index (χ2n) is 7.12. The van der Waals surface area contributed by atoms with Crippen molar-refractivity contribution in [3.05, 3.63) is 64.2 Å². The average molecular weight is 371 g/mol. The Kier molecular flexibility index (Phi) is 6.33. The summed E-state index contributed by atoms with van der Waals surface area (Å²) in [6.45, 7) is 6.77. The van der Waals surface area contributed by atoms with Gasteiger partial charge in [-0.2, -0.15) is 0 Å². The minimum atomic E-state index is 0.0237. The summed E-state index contributed by atoms with van der Waals surface area (Å²) in [5, 5.41) is 4.00. The Hall–Kier alpha value is -1.84. The minimum absolute atomic E-state index is 0.0237. The quantitative estimate of drug-likeness (QED) is 0.797. The van der Waals surface area contributed by atoms with Gasteiger partial charge >= 0.3 is 0 Å². The number of carbonyl (C=O) groups is 1. The molecule has 3 rings (SSSR count). The predicted octanol–water partition coefficient (Wildman–Crippen LogP) is 5.06. The summed E-state index contributed by atoms with van der Waals surface area (Å²) < 4.78 is 0. The van der Waals surface area contributed by atoms with Crippen molar-refractivity contribution in [1.82, 2.24) is 4.90 Å². The fourth-order valence-corrected chi connectivity index (χ4v) is 3.90. The molecular weight excluding hydrogens is 344 g/mol. The molecule has 0 radical (unpaired) electrons. The number of aryl methyl sites for hydroxylation is 2. The lowest BCUT2D eigenvalue weighted by atomic mass is 9.96. The fraction of sp³-hybridized carbons (Fsp3) is 0.409. The molecule has 26 heavy (non-hydrogen) atoms. The Balaban J connectivity index is 1.66. The largest absolute Gasteiger partial charge is 0.325 e. The summed E-state index contributed by atoms with van der Waals surface area (Å²) >= 11 is 6.29. The van der Waals surface area contributed by atoms with Crippen LogP contribution in [0.2, 0.25) is 5.02 Å². The standard InChI is InChI=1S/C22H27ClN2O/c1-3-17-10-6-8-16(2)21(17)24-22(26)19-11-7-13-25(15-19)14-18-9-4-5-12-20(18)23/h4-6,8-10,12,19H,3,7,11,13-15H2,1-2H3,(H,24,26). The molecule has 2 aromatic rings. The maximum absolute atomic E-state index is 12.9. The van der Waals surface area contributed by atoms with Crippen molar-refractivity contribution in [2.75, 3.05) is 18.4 Å². The SMILES string of the molecule is CCc1cccc(C)c1NC(=O)C1CCCN(Cc2ccccc2Cl)C1. The van der Waals surface area contributed by atoms with Gasteiger partial charge in [-0.1, -0.05) is 54.9 Å². The molecule has 138 valence electrons. The van der Waals surface area contributed by atoms with Crippen molar-refractivity contribution in [3.8, 4) is 0 Å². The van der Waals surface area contributed by atoms with Crippen molar-refractivity contribution in [1.29, 1.82) is 0 Å². The molecule has 0 aliphatic carbocycles. The second kappa shape index (κ2) is 8.70. The summed E-state index contributed by atoms with van der Waals surface area (Å²) in [5.41, 5.74) is 4.44. The number of hydrogen-bond acceptors (Lipinski definition) is 2. The predicted molar refractivity (Wildman–Crippen MR) is 109 cm³/mol. The highest BCUT2D eigenvalue weighted by molar-refractivity contribution is 6.31. The number of nitrogens with one attached hydrogen (secondary N) is 1. The third-order valence-electron chi connectivity index (χ3n) is 5.22. The van der Waals surface area contributed by atoms with E-state index in [2.05, 4.69) is 48.3 Å². The molecule has 0 aromatic heterocycles. The van der Waals surface area contributed by atoms with Crippen LogP contribution in [0.4, 0.5) is 5.69 Å². The normalized spacial score (nSPS) is 17.9. The number of carbonyl (C=O) groups excluding carboxylic acids is 1.